The van der Waals surface area contributed by atoms with E-state index < -0.39 is 0 Å². The normalized spacial score (nSPS) is 14.9. The van der Waals surface area contributed by atoms with Gasteiger partial charge in [-0.3, -0.25) is 0 Å². The van der Waals surface area contributed by atoms with Gasteiger partial charge in [-0.1, -0.05) is 83.1 Å². The third-order valence-corrected chi connectivity index (χ3v) is 10.2. The van der Waals surface area contributed by atoms with E-state index in [1.807, 2.05) is 0 Å². The van der Waals surface area contributed by atoms with Crippen molar-refractivity contribution in [3.63, 3.8) is 0 Å². The van der Waals surface area contributed by atoms with Gasteiger partial charge in [0.2, 0.25) is 0 Å². The minimum absolute atomic E-state index is 0.228. The Kier molecular flexibility index (Phi) is 8.77. The molecule has 0 aliphatic heterocycles. The largest absolute Gasteiger partial charge is 0.192 e. The van der Waals surface area contributed by atoms with Gasteiger partial charge in [0, 0.05) is 0 Å². The lowest BCUT2D eigenvalue weighted by Crippen LogP contribution is -2.24. The van der Waals surface area contributed by atoms with E-state index in [-0.39, 0.29) is 16.1 Å². The smallest absolute Gasteiger partial charge is 0.0123 e. The van der Waals surface area contributed by atoms with E-state index in [1.165, 1.54) is 24.6 Å². The first kappa shape index (κ1) is 23.8. The van der Waals surface area contributed by atoms with Crippen molar-refractivity contribution in [2.45, 2.75) is 83.1 Å². The van der Waals surface area contributed by atoms with Crippen LogP contribution in [0.4, 0.5) is 0 Å². The van der Waals surface area contributed by atoms with Crippen LogP contribution in [0, 0.1) is 21.7 Å². The average molecular weight is 361 g/mol. The minimum Gasteiger partial charge on any atom is -0.192 e. The van der Waals surface area contributed by atoms with E-state index in [0.717, 1.165) is 0 Å². The Hall–Kier alpha value is 0.820. The van der Waals surface area contributed by atoms with Crippen LogP contribution in [0.15, 0.2) is 0 Å². The first-order valence-electron chi connectivity index (χ1n) is 9.08. The zero-order chi connectivity index (χ0) is 18.7. The zero-order valence-corrected chi connectivity index (χ0v) is 20.0. The maximum absolute atomic E-state index is 5.55. The maximum atomic E-state index is 5.55. The van der Waals surface area contributed by atoms with Gasteiger partial charge in [0.25, 0.3) is 0 Å². The minimum atomic E-state index is -0.228. The molecule has 0 unspecified atom stereocenters. The Balaban J connectivity index is 5.15. The fraction of sp³-hybridized carbons (Fsp3) is 1.00. The molecule has 0 N–H and O–H groups in total. The standard InChI is InChI=1S/C20H44NP2/c1-17(2,3)13-22(14-18(4,5)6)21-23(15-19(7,8)9)16-20(10,11)12/h13-16H2,1-12H3. The molecule has 3 heteroatoms. The summed E-state index contributed by atoms with van der Waals surface area (Å²) < 4.78 is 0. The summed E-state index contributed by atoms with van der Waals surface area (Å²) in [6.07, 6.45) is 5.08. The van der Waals surface area contributed by atoms with Crippen molar-refractivity contribution in [1.82, 2.24) is 4.86 Å². The van der Waals surface area contributed by atoms with Crippen LogP contribution >= 0.6 is 16.1 Å². The Morgan fingerprint density at radius 2 is 0.609 bits per heavy atom. The Labute approximate surface area is 150 Å². The number of rotatable bonds is 6. The molecule has 0 saturated carbocycles. The van der Waals surface area contributed by atoms with Crippen molar-refractivity contribution in [2.75, 3.05) is 24.6 Å². The van der Waals surface area contributed by atoms with Gasteiger partial charge < -0.3 is 0 Å². The van der Waals surface area contributed by atoms with Crippen LogP contribution in [-0.2, 0) is 0 Å². The van der Waals surface area contributed by atoms with Gasteiger partial charge in [-0.2, -0.15) is 4.86 Å². The predicted octanol–water partition coefficient (Wildman–Crippen LogP) is 7.57. The topological polar surface area (TPSA) is 14.1 Å². The van der Waals surface area contributed by atoms with Crippen molar-refractivity contribution in [2.24, 2.45) is 21.7 Å². The molecule has 0 atom stereocenters. The van der Waals surface area contributed by atoms with Crippen LogP contribution < -0.4 is 4.86 Å². The molecule has 0 aliphatic carbocycles. The fourth-order valence-electron chi connectivity index (χ4n) is 2.61. The third kappa shape index (κ3) is 16.1. The Bertz CT molecular complexity index is 271. The van der Waals surface area contributed by atoms with E-state index in [4.69, 9.17) is 4.86 Å². The second-order valence-corrected chi connectivity index (χ2v) is 16.0. The van der Waals surface area contributed by atoms with Gasteiger partial charge >= 0.3 is 0 Å². The Morgan fingerprint density at radius 3 is 0.739 bits per heavy atom. The molecule has 0 fully saturated rings. The van der Waals surface area contributed by atoms with Crippen molar-refractivity contribution in [1.29, 1.82) is 0 Å². The molecule has 1 radical (unpaired) electrons. The van der Waals surface area contributed by atoms with Crippen LogP contribution in [-0.4, -0.2) is 24.6 Å². The van der Waals surface area contributed by atoms with Crippen molar-refractivity contribution in [3.8, 4) is 0 Å². The molecule has 0 bridgehead atoms. The van der Waals surface area contributed by atoms with Gasteiger partial charge in [0.1, 0.15) is 0 Å². The first-order valence-corrected chi connectivity index (χ1v) is 12.4. The molecule has 0 aromatic carbocycles. The second-order valence-electron chi connectivity index (χ2n) is 12.0. The number of hydrogen-bond donors (Lipinski definition) is 0. The van der Waals surface area contributed by atoms with Crippen molar-refractivity contribution >= 4 is 16.1 Å². The molecule has 0 spiro atoms. The SMILES string of the molecule is CC(C)(C)CP(CC(C)(C)C)[N]P(CC(C)(C)C)CC(C)(C)C. The van der Waals surface area contributed by atoms with Crippen LogP contribution in [0.5, 0.6) is 0 Å². The van der Waals surface area contributed by atoms with E-state index in [0.29, 0.717) is 21.7 Å². The summed E-state index contributed by atoms with van der Waals surface area (Å²) in [5, 5.41) is 0. The van der Waals surface area contributed by atoms with Gasteiger partial charge in [0.15, 0.2) is 0 Å². The van der Waals surface area contributed by atoms with E-state index in [1.54, 1.807) is 0 Å². The molecular weight excluding hydrogens is 316 g/mol. The molecule has 1 nitrogen and oxygen atoms in total. The summed E-state index contributed by atoms with van der Waals surface area (Å²) in [6, 6.07) is 0. The van der Waals surface area contributed by atoms with Gasteiger partial charge in [-0.15, -0.1) is 0 Å². The van der Waals surface area contributed by atoms with Gasteiger partial charge in [-0.25, -0.2) is 0 Å². The summed E-state index contributed by atoms with van der Waals surface area (Å²) >= 11 is 0. The first-order chi connectivity index (χ1) is 9.86. The van der Waals surface area contributed by atoms with Crippen molar-refractivity contribution < 1.29 is 0 Å². The summed E-state index contributed by atoms with van der Waals surface area (Å²) in [6.45, 7) is 28.5. The molecule has 0 amide bonds. The highest BCUT2D eigenvalue weighted by molar-refractivity contribution is 7.70. The van der Waals surface area contributed by atoms with Gasteiger partial charge in [0.05, 0.1) is 0 Å². The molecule has 139 valence electrons. The van der Waals surface area contributed by atoms with Gasteiger partial charge in [-0.05, 0) is 62.5 Å². The third-order valence-electron chi connectivity index (χ3n) is 2.88. The second kappa shape index (κ2) is 8.47. The van der Waals surface area contributed by atoms with Crippen LogP contribution in [0.1, 0.15) is 83.1 Å². The predicted molar refractivity (Wildman–Crippen MR) is 113 cm³/mol. The lowest BCUT2D eigenvalue weighted by Gasteiger charge is -2.37. The molecule has 0 aromatic heterocycles. The Morgan fingerprint density at radius 1 is 0.435 bits per heavy atom. The number of hydrogen-bond acceptors (Lipinski definition) is 0. The quantitative estimate of drug-likeness (QED) is 0.434. The van der Waals surface area contributed by atoms with E-state index in [9.17, 15) is 0 Å². The molecule has 0 aliphatic rings. The van der Waals surface area contributed by atoms with Crippen LogP contribution in [0.3, 0.4) is 0 Å². The summed E-state index contributed by atoms with van der Waals surface area (Å²) in [5.41, 5.74) is 1.52. The zero-order valence-electron chi connectivity index (χ0n) is 18.2. The van der Waals surface area contributed by atoms with E-state index >= 15 is 0 Å². The summed E-state index contributed by atoms with van der Waals surface area (Å²) in [4.78, 5) is 5.55. The lowest BCUT2D eigenvalue weighted by atomic mass is 10.00. The van der Waals surface area contributed by atoms with Crippen LogP contribution in [0.25, 0.3) is 0 Å². The number of nitrogens with zero attached hydrogens (tertiary/aromatic N) is 1. The lowest BCUT2D eigenvalue weighted by molar-refractivity contribution is 0.454. The molecular formula is C20H44NP2. The fourth-order valence-corrected chi connectivity index (χ4v) is 9.65. The summed E-state index contributed by atoms with van der Waals surface area (Å²) in [5.74, 6) is 0. The molecule has 0 saturated heterocycles. The highest BCUT2D eigenvalue weighted by atomic mass is 31.2. The summed E-state index contributed by atoms with van der Waals surface area (Å²) in [7, 11) is -0.457. The molecule has 0 heterocycles. The highest BCUT2D eigenvalue weighted by Gasteiger charge is 2.30. The van der Waals surface area contributed by atoms with E-state index in [2.05, 4.69) is 83.1 Å². The average Bonchev–Trinajstić information content (AvgIpc) is 2.03. The molecule has 0 rings (SSSR count). The monoisotopic (exact) mass is 360 g/mol. The maximum Gasteiger partial charge on any atom is -0.0123 e. The molecule has 23 heavy (non-hydrogen) atoms. The van der Waals surface area contributed by atoms with Crippen LogP contribution in [0.2, 0.25) is 0 Å². The van der Waals surface area contributed by atoms with Crippen molar-refractivity contribution in [3.05, 3.63) is 0 Å². The highest BCUT2D eigenvalue weighted by Crippen LogP contribution is 2.55. The molecule has 0 aromatic rings.